The second-order valence-electron chi connectivity index (χ2n) is 5.65. The van der Waals surface area contributed by atoms with Gasteiger partial charge in [0.1, 0.15) is 4.83 Å². The lowest BCUT2D eigenvalue weighted by Gasteiger charge is -2.11. The van der Waals surface area contributed by atoms with Crippen molar-refractivity contribution in [3.63, 3.8) is 0 Å². The summed E-state index contributed by atoms with van der Waals surface area (Å²) in [5, 5.41) is 7.11. The van der Waals surface area contributed by atoms with E-state index >= 15 is 0 Å². The van der Waals surface area contributed by atoms with E-state index in [1.54, 1.807) is 4.57 Å². The van der Waals surface area contributed by atoms with E-state index < -0.39 is 0 Å². The highest BCUT2D eigenvalue weighted by Gasteiger charge is 2.15. The minimum absolute atomic E-state index is 0.0675. The fourth-order valence-corrected chi connectivity index (χ4v) is 4.25. The van der Waals surface area contributed by atoms with Gasteiger partial charge in [0.2, 0.25) is 5.89 Å². The minimum atomic E-state index is -0.0675. The van der Waals surface area contributed by atoms with Gasteiger partial charge in [0, 0.05) is 6.42 Å². The summed E-state index contributed by atoms with van der Waals surface area (Å²) in [6.45, 7) is 2.07. The highest BCUT2D eigenvalue weighted by molar-refractivity contribution is 7.98. The van der Waals surface area contributed by atoms with Gasteiger partial charge in [-0.1, -0.05) is 42.0 Å². The lowest BCUT2D eigenvalue weighted by molar-refractivity contribution is 0.384. The third-order valence-electron chi connectivity index (χ3n) is 3.79. The number of benzene rings is 1. The molecule has 26 heavy (non-hydrogen) atoms. The molecule has 0 aliphatic rings. The van der Waals surface area contributed by atoms with Gasteiger partial charge in [-0.05, 0) is 30.0 Å². The van der Waals surface area contributed by atoms with Gasteiger partial charge in [-0.25, -0.2) is 4.98 Å². The van der Waals surface area contributed by atoms with E-state index in [2.05, 4.69) is 22.0 Å². The van der Waals surface area contributed by atoms with Crippen LogP contribution < -0.4 is 5.56 Å². The maximum atomic E-state index is 13.0. The van der Waals surface area contributed by atoms with E-state index in [0.29, 0.717) is 28.0 Å². The lowest BCUT2D eigenvalue weighted by atomic mass is 10.3. The van der Waals surface area contributed by atoms with Crippen LogP contribution in [-0.4, -0.2) is 19.7 Å². The van der Waals surface area contributed by atoms with Crippen LogP contribution in [0.3, 0.4) is 0 Å². The zero-order chi connectivity index (χ0) is 17.9. The highest BCUT2D eigenvalue weighted by Crippen LogP contribution is 2.25. The van der Waals surface area contributed by atoms with E-state index in [1.165, 1.54) is 23.1 Å². The van der Waals surface area contributed by atoms with Crippen LogP contribution in [0.1, 0.15) is 25.1 Å². The van der Waals surface area contributed by atoms with Crippen molar-refractivity contribution in [1.29, 1.82) is 0 Å². The molecule has 0 N–H and O–H groups in total. The third-order valence-corrected chi connectivity index (χ3v) is 5.52. The predicted molar refractivity (Wildman–Crippen MR) is 103 cm³/mol. The molecule has 0 bridgehead atoms. The smallest absolute Gasteiger partial charge is 0.267 e. The quantitative estimate of drug-likeness (QED) is 0.368. The number of rotatable bonds is 6. The summed E-state index contributed by atoms with van der Waals surface area (Å²) in [4.78, 5) is 22.8. The first-order valence-electron chi connectivity index (χ1n) is 8.26. The van der Waals surface area contributed by atoms with Crippen molar-refractivity contribution >= 4 is 33.3 Å². The normalized spacial score (nSPS) is 11.3. The molecule has 0 saturated carbocycles. The van der Waals surface area contributed by atoms with Crippen LogP contribution in [0, 0.1) is 0 Å². The van der Waals surface area contributed by atoms with Crippen LogP contribution in [0.25, 0.3) is 15.9 Å². The molecule has 0 spiro atoms. The van der Waals surface area contributed by atoms with Crippen LogP contribution in [0.15, 0.2) is 56.3 Å². The summed E-state index contributed by atoms with van der Waals surface area (Å²) in [6, 6.07) is 11.4. The van der Waals surface area contributed by atoms with Gasteiger partial charge in [-0.2, -0.15) is 4.98 Å². The average molecular weight is 384 g/mol. The Morgan fingerprint density at radius 3 is 2.85 bits per heavy atom. The predicted octanol–water partition coefficient (Wildman–Crippen LogP) is 4.08. The fourth-order valence-electron chi connectivity index (χ4n) is 2.60. The summed E-state index contributed by atoms with van der Waals surface area (Å²) in [6.07, 6.45) is 1.76. The van der Waals surface area contributed by atoms with Crippen molar-refractivity contribution in [2.45, 2.75) is 30.7 Å². The number of para-hydroxylation sites is 1. The minimum Gasteiger partial charge on any atom is -0.338 e. The molecule has 4 aromatic rings. The number of thioether (sulfide) groups is 1. The largest absolute Gasteiger partial charge is 0.338 e. The molecule has 0 atom stereocenters. The molecular formula is C18H16N4O2S2. The molecule has 0 aliphatic heterocycles. The number of hydrogen-bond acceptors (Lipinski definition) is 7. The first-order valence-corrected chi connectivity index (χ1v) is 10.1. The number of fused-ring (bicyclic) bond motifs is 1. The number of aryl methyl sites for hydroxylation is 1. The lowest BCUT2D eigenvalue weighted by Crippen LogP contribution is -2.21. The number of hydrogen-bond donors (Lipinski definition) is 0. The van der Waals surface area contributed by atoms with Crippen molar-refractivity contribution < 1.29 is 4.52 Å². The van der Waals surface area contributed by atoms with Crippen molar-refractivity contribution in [3.8, 4) is 5.69 Å². The molecule has 3 aromatic heterocycles. The van der Waals surface area contributed by atoms with Crippen LogP contribution in [-0.2, 0) is 12.2 Å². The van der Waals surface area contributed by atoms with Gasteiger partial charge in [-0.15, -0.1) is 11.3 Å². The monoisotopic (exact) mass is 384 g/mol. The number of thiophene rings is 1. The molecule has 0 amide bonds. The maximum absolute atomic E-state index is 13.0. The second kappa shape index (κ2) is 7.43. The molecule has 6 nitrogen and oxygen atoms in total. The topological polar surface area (TPSA) is 73.8 Å². The van der Waals surface area contributed by atoms with E-state index in [4.69, 9.17) is 4.52 Å². The molecule has 0 unspecified atom stereocenters. The van der Waals surface area contributed by atoms with Crippen LogP contribution >= 0.6 is 23.1 Å². The van der Waals surface area contributed by atoms with Gasteiger partial charge in [0.25, 0.3) is 5.56 Å². The molecule has 4 rings (SSSR count). The Balaban J connectivity index is 1.72. The molecule has 0 aliphatic carbocycles. The molecule has 0 radical (unpaired) electrons. The first-order chi connectivity index (χ1) is 12.8. The van der Waals surface area contributed by atoms with Gasteiger partial charge in [-0.3, -0.25) is 9.36 Å². The zero-order valence-corrected chi connectivity index (χ0v) is 15.7. The van der Waals surface area contributed by atoms with E-state index in [9.17, 15) is 4.79 Å². The Morgan fingerprint density at radius 1 is 1.19 bits per heavy atom. The Kier molecular flexibility index (Phi) is 4.85. The summed E-state index contributed by atoms with van der Waals surface area (Å²) in [7, 11) is 0. The summed E-state index contributed by atoms with van der Waals surface area (Å²) in [5.74, 6) is 1.72. The van der Waals surface area contributed by atoms with Crippen molar-refractivity contribution in [2.75, 3.05) is 0 Å². The second-order valence-corrected chi connectivity index (χ2v) is 7.49. The van der Waals surface area contributed by atoms with Crippen molar-refractivity contribution in [1.82, 2.24) is 19.7 Å². The molecule has 8 heteroatoms. The van der Waals surface area contributed by atoms with Crippen molar-refractivity contribution in [2.24, 2.45) is 0 Å². The molecule has 0 fully saturated rings. The van der Waals surface area contributed by atoms with Crippen molar-refractivity contribution in [3.05, 3.63) is 63.8 Å². The Labute approximate surface area is 157 Å². The standard InChI is InChI=1S/C18H16N4O2S2/c1-2-6-14-19-15(24-21-14)11-26-18-20-16-13(9-10-25-16)17(23)22(18)12-7-4-3-5-8-12/h3-5,7-10H,2,6,11H2,1H3. The molecule has 0 saturated heterocycles. The average Bonchev–Trinajstić information content (AvgIpc) is 3.30. The van der Waals surface area contributed by atoms with Gasteiger partial charge in [0.15, 0.2) is 11.0 Å². The van der Waals surface area contributed by atoms with E-state index in [1.807, 2.05) is 41.8 Å². The summed E-state index contributed by atoms with van der Waals surface area (Å²) >= 11 is 2.88. The number of nitrogens with zero attached hydrogens (tertiary/aromatic N) is 4. The maximum Gasteiger partial charge on any atom is 0.267 e. The van der Waals surface area contributed by atoms with Crippen LogP contribution in [0.4, 0.5) is 0 Å². The van der Waals surface area contributed by atoms with E-state index in [0.717, 1.165) is 23.4 Å². The zero-order valence-electron chi connectivity index (χ0n) is 14.1. The van der Waals surface area contributed by atoms with Gasteiger partial charge < -0.3 is 4.52 Å². The molecule has 1 aromatic carbocycles. The Morgan fingerprint density at radius 2 is 2.04 bits per heavy atom. The SMILES string of the molecule is CCCc1noc(CSc2nc3sccc3c(=O)n2-c2ccccc2)n1. The van der Waals surface area contributed by atoms with Crippen LogP contribution in [0.5, 0.6) is 0 Å². The Hall–Kier alpha value is -2.45. The molecular weight excluding hydrogens is 368 g/mol. The molecule has 132 valence electrons. The van der Waals surface area contributed by atoms with E-state index in [-0.39, 0.29) is 5.56 Å². The number of aromatic nitrogens is 4. The Bertz CT molecular complexity index is 1090. The third kappa shape index (κ3) is 3.30. The highest BCUT2D eigenvalue weighted by atomic mass is 32.2. The van der Waals surface area contributed by atoms with Crippen LogP contribution in [0.2, 0.25) is 0 Å². The van der Waals surface area contributed by atoms with Gasteiger partial charge in [0.05, 0.1) is 16.8 Å². The first kappa shape index (κ1) is 17.0. The van der Waals surface area contributed by atoms with Gasteiger partial charge >= 0.3 is 0 Å². The summed E-state index contributed by atoms with van der Waals surface area (Å²) < 4.78 is 6.93. The fraction of sp³-hybridized carbons (Fsp3) is 0.222. The summed E-state index contributed by atoms with van der Waals surface area (Å²) in [5.41, 5.74) is 0.722. The molecule has 3 heterocycles.